The first kappa shape index (κ1) is 19.0. The summed E-state index contributed by atoms with van der Waals surface area (Å²) in [7, 11) is 0. The Morgan fingerprint density at radius 2 is 1.54 bits per heavy atom. The van der Waals surface area contributed by atoms with Gasteiger partial charge in [-0.05, 0) is 23.8 Å². The minimum atomic E-state index is -0.536. The molecule has 1 heterocycles. The fourth-order valence-electron chi connectivity index (χ4n) is 4.89. The standard InChI is InChI=1S/C24H28O4/c1-13-6-7-18-14(8-13)20(21-15(25)9-23(2,3)10-16(21)26)22-17(27)11-24(4,5)12-19(22)28-18/h6-8,20,25H,9-12H2,1-5H3. The number of allylic oxidation sites excluding steroid dienone is 4. The fraction of sp³-hybridized carbons (Fsp3) is 0.500. The van der Waals surface area contributed by atoms with E-state index in [1.165, 1.54) is 0 Å². The Morgan fingerprint density at radius 1 is 0.929 bits per heavy atom. The fourth-order valence-corrected chi connectivity index (χ4v) is 4.89. The highest BCUT2D eigenvalue weighted by Gasteiger charge is 2.46. The van der Waals surface area contributed by atoms with Gasteiger partial charge in [0.25, 0.3) is 0 Å². The minimum absolute atomic E-state index is 0.0151. The third-order valence-electron chi connectivity index (χ3n) is 6.06. The van der Waals surface area contributed by atoms with Crippen LogP contribution in [0.2, 0.25) is 0 Å². The summed E-state index contributed by atoms with van der Waals surface area (Å²) in [5.41, 5.74) is 2.32. The molecule has 0 bridgehead atoms. The lowest BCUT2D eigenvalue weighted by Crippen LogP contribution is -2.36. The lowest BCUT2D eigenvalue weighted by atomic mass is 9.66. The first-order valence-corrected chi connectivity index (χ1v) is 9.97. The van der Waals surface area contributed by atoms with Crippen molar-refractivity contribution in [1.82, 2.24) is 0 Å². The second kappa shape index (κ2) is 6.07. The molecule has 2 aliphatic carbocycles. The van der Waals surface area contributed by atoms with Gasteiger partial charge in [0, 0.05) is 42.4 Å². The number of aliphatic hydroxyl groups is 1. The van der Waals surface area contributed by atoms with Crippen molar-refractivity contribution in [2.24, 2.45) is 10.8 Å². The SMILES string of the molecule is Cc1ccc2c(c1)C(C1=C(O)CC(C)(C)CC1=O)C1=C(CC(C)(C)CC1=O)O2. The van der Waals surface area contributed by atoms with E-state index in [0.29, 0.717) is 48.3 Å². The lowest BCUT2D eigenvalue weighted by Gasteiger charge is -2.40. The Kier molecular flexibility index (Phi) is 4.11. The number of fused-ring (bicyclic) bond motifs is 1. The van der Waals surface area contributed by atoms with Crippen LogP contribution < -0.4 is 4.74 Å². The molecule has 0 radical (unpaired) electrons. The number of benzene rings is 1. The van der Waals surface area contributed by atoms with Gasteiger partial charge in [-0.25, -0.2) is 0 Å². The van der Waals surface area contributed by atoms with Gasteiger partial charge in [0.2, 0.25) is 0 Å². The first-order chi connectivity index (χ1) is 13.0. The van der Waals surface area contributed by atoms with Gasteiger partial charge < -0.3 is 9.84 Å². The van der Waals surface area contributed by atoms with E-state index in [1.807, 2.05) is 39.0 Å². The molecule has 148 valence electrons. The van der Waals surface area contributed by atoms with E-state index in [4.69, 9.17) is 4.74 Å². The highest BCUT2D eigenvalue weighted by molar-refractivity contribution is 6.06. The third kappa shape index (κ3) is 3.09. The van der Waals surface area contributed by atoms with Crippen molar-refractivity contribution in [3.63, 3.8) is 0 Å². The molecular weight excluding hydrogens is 352 g/mol. The van der Waals surface area contributed by atoms with E-state index in [-0.39, 0.29) is 28.2 Å². The summed E-state index contributed by atoms with van der Waals surface area (Å²) in [6, 6.07) is 5.85. The quantitative estimate of drug-likeness (QED) is 0.716. The van der Waals surface area contributed by atoms with Crippen molar-refractivity contribution in [3.05, 3.63) is 52.0 Å². The van der Waals surface area contributed by atoms with Gasteiger partial charge in [0.05, 0.1) is 5.92 Å². The molecule has 1 aromatic rings. The number of aliphatic hydroxyl groups excluding tert-OH is 1. The summed E-state index contributed by atoms with van der Waals surface area (Å²) in [5.74, 6) is 0.855. The van der Waals surface area contributed by atoms with Crippen molar-refractivity contribution in [3.8, 4) is 5.75 Å². The summed E-state index contributed by atoms with van der Waals surface area (Å²) >= 11 is 0. The van der Waals surface area contributed by atoms with E-state index in [0.717, 1.165) is 11.1 Å². The molecule has 0 amide bonds. The zero-order chi connectivity index (χ0) is 20.4. The second-order valence-electron chi connectivity index (χ2n) is 10.2. The number of carbonyl (C=O) groups is 2. The van der Waals surface area contributed by atoms with E-state index in [2.05, 4.69) is 13.8 Å². The Hall–Kier alpha value is -2.36. The van der Waals surface area contributed by atoms with Crippen molar-refractivity contribution < 1.29 is 19.4 Å². The normalized spacial score (nSPS) is 26.0. The zero-order valence-corrected chi connectivity index (χ0v) is 17.3. The van der Waals surface area contributed by atoms with Crippen LogP contribution in [0, 0.1) is 17.8 Å². The number of ketones is 2. The van der Waals surface area contributed by atoms with Gasteiger partial charge in [-0.3, -0.25) is 9.59 Å². The first-order valence-electron chi connectivity index (χ1n) is 9.97. The molecule has 0 aromatic heterocycles. The van der Waals surface area contributed by atoms with Crippen LogP contribution in [0.4, 0.5) is 0 Å². The predicted octanol–water partition coefficient (Wildman–Crippen LogP) is 5.32. The van der Waals surface area contributed by atoms with Crippen molar-refractivity contribution in [2.75, 3.05) is 0 Å². The van der Waals surface area contributed by atoms with Crippen LogP contribution in [0.1, 0.15) is 70.4 Å². The lowest BCUT2D eigenvalue weighted by molar-refractivity contribution is -0.119. The molecule has 0 fully saturated rings. The minimum Gasteiger partial charge on any atom is -0.512 e. The summed E-state index contributed by atoms with van der Waals surface area (Å²) in [5, 5.41) is 10.9. The molecule has 0 saturated heterocycles. The van der Waals surface area contributed by atoms with Crippen LogP contribution in [0.25, 0.3) is 0 Å². The zero-order valence-electron chi connectivity index (χ0n) is 17.3. The molecule has 4 rings (SSSR count). The van der Waals surface area contributed by atoms with Crippen LogP contribution in [0.15, 0.2) is 40.9 Å². The summed E-state index contributed by atoms with van der Waals surface area (Å²) in [6.07, 6.45) is 1.87. The van der Waals surface area contributed by atoms with Crippen LogP contribution in [0.3, 0.4) is 0 Å². The van der Waals surface area contributed by atoms with Gasteiger partial charge in [0.1, 0.15) is 17.3 Å². The average molecular weight is 380 g/mol. The summed E-state index contributed by atoms with van der Waals surface area (Å²) < 4.78 is 6.17. The van der Waals surface area contributed by atoms with Gasteiger partial charge >= 0.3 is 0 Å². The Bertz CT molecular complexity index is 959. The van der Waals surface area contributed by atoms with Crippen LogP contribution >= 0.6 is 0 Å². The van der Waals surface area contributed by atoms with E-state index >= 15 is 0 Å². The molecule has 0 spiro atoms. The predicted molar refractivity (Wildman–Crippen MR) is 107 cm³/mol. The average Bonchev–Trinajstić information content (AvgIpc) is 2.51. The van der Waals surface area contributed by atoms with Gasteiger partial charge in [-0.2, -0.15) is 0 Å². The summed E-state index contributed by atoms with van der Waals surface area (Å²) in [6.45, 7) is 10.1. The monoisotopic (exact) mass is 380 g/mol. The molecule has 0 saturated carbocycles. The molecule has 1 N–H and O–H groups in total. The Morgan fingerprint density at radius 3 is 2.18 bits per heavy atom. The van der Waals surface area contributed by atoms with Gasteiger partial charge in [-0.15, -0.1) is 0 Å². The van der Waals surface area contributed by atoms with Gasteiger partial charge in [0.15, 0.2) is 11.6 Å². The molecular formula is C24H28O4. The highest BCUT2D eigenvalue weighted by atomic mass is 16.5. The van der Waals surface area contributed by atoms with Crippen LogP contribution in [0.5, 0.6) is 5.75 Å². The maximum Gasteiger partial charge on any atom is 0.163 e. The molecule has 4 heteroatoms. The molecule has 4 nitrogen and oxygen atoms in total. The van der Waals surface area contributed by atoms with Crippen LogP contribution in [-0.4, -0.2) is 16.7 Å². The van der Waals surface area contributed by atoms with Gasteiger partial charge in [-0.1, -0.05) is 45.4 Å². The van der Waals surface area contributed by atoms with E-state index in [9.17, 15) is 14.7 Å². The van der Waals surface area contributed by atoms with Crippen molar-refractivity contribution >= 4 is 11.6 Å². The number of ether oxygens (including phenoxy) is 1. The summed E-state index contributed by atoms with van der Waals surface area (Å²) in [4.78, 5) is 26.3. The van der Waals surface area contributed by atoms with E-state index in [1.54, 1.807) is 0 Å². The maximum atomic E-state index is 13.2. The molecule has 28 heavy (non-hydrogen) atoms. The largest absolute Gasteiger partial charge is 0.512 e. The number of rotatable bonds is 1. The smallest absolute Gasteiger partial charge is 0.163 e. The number of aryl methyl sites for hydroxylation is 1. The molecule has 1 aromatic carbocycles. The van der Waals surface area contributed by atoms with Crippen molar-refractivity contribution in [2.45, 2.75) is 66.2 Å². The Labute approximate surface area is 166 Å². The molecule has 1 atom stereocenters. The topological polar surface area (TPSA) is 63.6 Å². The van der Waals surface area contributed by atoms with Crippen molar-refractivity contribution in [1.29, 1.82) is 0 Å². The maximum absolute atomic E-state index is 13.2. The second-order valence-corrected chi connectivity index (χ2v) is 10.2. The number of Topliss-reactive ketones (excluding diaryl/α,β-unsaturated/α-hetero) is 2. The highest BCUT2D eigenvalue weighted by Crippen LogP contribution is 2.52. The Balaban J connectivity index is 1.95. The third-order valence-corrected chi connectivity index (χ3v) is 6.06. The molecule has 1 aliphatic heterocycles. The molecule has 3 aliphatic rings. The van der Waals surface area contributed by atoms with E-state index < -0.39 is 5.92 Å². The number of hydrogen-bond donors (Lipinski definition) is 1. The van der Waals surface area contributed by atoms with Crippen LogP contribution in [-0.2, 0) is 9.59 Å². The number of hydrogen-bond acceptors (Lipinski definition) is 4. The number of carbonyl (C=O) groups excluding carboxylic acids is 2. The molecule has 1 unspecified atom stereocenters.